The van der Waals surface area contributed by atoms with Crippen molar-refractivity contribution in [2.24, 2.45) is 0 Å². The highest BCUT2D eigenvalue weighted by molar-refractivity contribution is 7.12. The maximum Gasteiger partial charge on any atom is 0.315 e. The summed E-state index contributed by atoms with van der Waals surface area (Å²) in [5, 5.41) is 13.9. The van der Waals surface area contributed by atoms with Crippen molar-refractivity contribution in [3.8, 4) is 0 Å². The number of rotatable bonds is 5. The summed E-state index contributed by atoms with van der Waals surface area (Å²) in [6.07, 6.45) is 0. The fourth-order valence-electron chi connectivity index (χ4n) is 1.45. The van der Waals surface area contributed by atoms with Gasteiger partial charge in [-0.15, -0.1) is 16.4 Å². The standard InChI is InChI=1S/C11H16N4OS/c1-7-4-9(17-8(7)2)5-13-11-15-14-10(16-11)6-12-3/h4,12H,5-6H2,1-3H3,(H,13,15). The number of hydrogen-bond donors (Lipinski definition) is 2. The van der Waals surface area contributed by atoms with E-state index in [1.165, 1.54) is 15.3 Å². The van der Waals surface area contributed by atoms with Gasteiger partial charge in [-0.1, -0.05) is 5.10 Å². The molecule has 17 heavy (non-hydrogen) atoms. The van der Waals surface area contributed by atoms with E-state index in [1.54, 1.807) is 11.3 Å². The fourth-order valence-corrected chi connectivity index (χ4v) is 2.44. The lowest BCUT2D eigenvalue weighted by molar-refractivity contribution is 0.489. The first-order chi connectivity index (χ1) is 8.19. The third kappa shape index (κ3) is 3.04. The minimum Gasteiger partial charge on any atom is -0.407 e. The molecule has 0 fully saturated rings. The van der Waals surface area contributed by atoms with Gasteiger partial charge in [0.05, 0.1) is 13.1 Å². The molecular formula is C11H16N4OS. The molecule has 2 N–H and O–H groups in total. The van der Waals surface area contributed by atoms with Gasteiger partial charge in [0.1, 0.15) is 0 Å². The van der Waals surface area contributed by atoms with E-state index >= 15 is 0 Å². The number of hydrogen-bond acceptors (Lipinski definition) is 6. The molecule has 0 unspecified atom stereocenters. The van der Waals surface area contributed by atoms with Crippen molar-refractivity contribution >= 4 is 17.4 Å². The topological polar surface area (TPSA) is 63.0 Å². The highest BCUT2D eigenvalue weighted by Crippen LogP contribution is 2.21. The molecule has 0 radical (unpaired) electrons. The molecule has 0 aromatic carbocycles. The molecule has 2 aromatic heterocycles. The summed E-state index contributed by atoms with van der Waals surface area (Å²) >= 11 is 1.79. The zero-order valence-electron chi connectivity index (χ0n) is 10.2. The smallest absolute Gasteiger partial charge is 0.315 e. The molecule has 2 aromatic rings. The molecule has 0 bridgehead atoms. The third-order valence-electron chi connectivity index (χ3n) is 2.43. The van der Waals surface area contributed by atoms with Gasteiger partial charge in [-0.25, -0.2) is 0 Å². The van der Waals surface area contributed by atoms with Crippen LogP contribution in [-0.4, -0.2) is 17.2 Å². The quantitative estimate of drug-likeness (QED) is 0.853. The first-order valence-electron chi connectivity index (χ1n) is 5.46. The van der Waals surface area contributed by atoms with E-state index in [1.807, 2.05) is 7.05 Å². The van der Waals surface area contributed by atoms with Crippen molar-refractivity contribution in [3.05, 3.63) is 27.3 Å². The molecule has 0 amide bonds. The Morgan fingerprint density at radius 1 is 1.29 bits per heavy atom. The average Bonchev–Trinajstić information content (AvgIpc) is 2.85. The molecule has 0 aliphatic carbocycles. The fraction of sp³-hybridized carbons (Fsp3) is 0.455. The molecule has 2 rings (SSSR count). The van der Waals surface area contributed by atoms with Crippen LogP contribution in [-0.2, 0) is 13.1 Å². The SMILES string of the molecule is CNCc1nnc(NCc2cc(C)c(C)s2)o1. The van der Waals surface area contributed by atoms with Crippen LogP contribution in [0.15, 0.2) is 10.5 Å². The average molecular weight is 252 g/mol. The highest BCUT2D eigenvalue weighted by atomic mass is 32.1. The maximum absolute atomic E-state index is 5.39. The third-order valence-corrected chi connectivity index (χ3v) is 3.58. The summed E-state index contributed by atoms with van der Waals surface area (Å²) in [5.41, 5.74) is 1.33. The lowest BCUT2D eigenvalue weighted by Gasteiger charge is -1.97. The van der Waals surface area contributed by atoms with Crippen LogP contribution in [0.5, 0.6) is 0 Å². The van der Waals surface area contributed by atoms with Crippen LogP contribution >= 0.6 is 11.3 Å². The van der Waals surface area contributed by atoms with Crippen molar-refractivity contribution in [1.82, 2.24) is 15.5 Å². The van der Waals surface area contributed by atoms with E-state index in [-0.39, 0.29) is 0 Å². The predicted molar refractivity (Wildman–Crippen MR) is 68.2 cm³/mol. The second kappa shape index (κ2) is 5.29. The number of nitrogens with one attached hydrogen (secondary N) is 2. The van der Waals surface area contributed by atoms with Crippen molar-refractivity contribution in [1.29, 1.82) is 0 Å². The molecule has 6 heteroatoms. The van der Waals surface area contributed by atoms with E-state index in [0.29, 0.717) is 18.5 Å². The molecule has 0 saturated heterocycles. The van der Waals surface area contributed by atoms with Crippen LogP contribution in [0.2, 0.25) is 0 Å². The van der Waals surface area contributed by atoms with Crippen LogP contribution in [0, 0.1) is 13.8 Å². The summed E-state index contributed by atoms with van der Waals surface area (Å²) < 4.78 is 5.39. The first kappa shape index (κ1) is 12.1. The number of thiophene rings is 1. The molecule has 0 aliphatic heterocycles. The van der Waals surface area contributed by atoms with Crippen molar-refractivity contribution in [2.75, 3.05) is 12.4 Å². The van der Waals surface area contributed by atoms with Gasteiger partial charge in [0, 0.05) is 9.75 Å². The van der Waals surface area contributed by atoms with Crippen molar-refractivity contribution in [3.63, 3.8) is 0 Å². The Kier molecular flexibility index (Phi) is 3.75. The molecular weight excluding hydrogens is 236 g/mol. The summed E-state index contributed by atoms with van der Waals surface area (Å²) in [7, 11) is 1.84. The number of anilines is 1. The Balaban J connectivity index is 1.92. The number of aryl methyl sites for hydroxylation is 2. The van der Waals surface area contributed by atoms with Gasteiger partial charge in [0.25, 0.3) is 0 Å². The monoisotopic (exact) mass is 252 g/mol. The zero-order chi connectivity index (χ0) is 12.3. The van der Waals surface area contributed by atoms with Crippen LogP contribution in [0.1, 0.15) is 21.2 Å². The van der Waals surface area contributed by atoms with Crippen LogP contribution in [0.3, 0.4) is 0 Å². The Bertz CT molecular complexity index is 472. The molecule has 2 heterocycles. The van der Waals surface area contributed by atoms with E-state index in [2.05, 4.69) is 40.7 Å². The lowest BCUT2D eigenvalue weighted by atomic mass is 10.3. The number of aromatic nitrogens is 2. The summed E-state index contributed by atoms with van der Waals surface area (Å²) in [4.78, 5) is 2.62. The summed E-state index contributed by atoms with van der Waals surface area (Å²) in [6.45, 7) is 5.56. The first-order valence-corrected chi connectivity index (χ1v) is 6.27. The van der Waals surface area contributed by atoms with Gasteiger partial charge in [0.15, 0.2) is 0 Å². The Morgan fingerprint density at radius 3 is 2.76 bits per heavy atom. The van der Waals surface area contributed by atoms with Gasteiger partial charge >= 0.3 is 6.01 Å². The van der Waals surface area contributed by atoms with Crippen LogP contribution < -0.4 is 10.6 Å². The summed E-state index contributed by atoms with van der Waals surface area (Å²) in [5.74, 6) is 0.591. The molecule has 0 atom stereocenters. The molecule has 5 nitrogen and oxygen atoms in total. The van der Waals surface area contributed by atoms with Crippen LogP contribution in [0.4, 0.5) is 6.01 Å². The second-order valence-corrected chi connectivity index (χ2v) is 5.18. The van der Waals surface area contributed by atoms with Gasteiger partial charge < -0.3 is 15.1 Å². The molecule has 0 aliphatic rings. The molecule has 0 spiro atoms. The van der Waals surface area contributed by atoms with Gasteiger partial charge in [-0.05, 0) is 32.5 Å². The van der Waals surface area contributed by atoms with E-state index < -0.39 is 0 Å². The zero-order valence-corrected chi connectivity index (χ0v) is 11.0. The minimum atomic E-state index is 0.471. The predicted octanol–water partition coefficient (Wildman–Crippen LogP) is 2.08. The van der Waals surface area contributed by atoms with Crippen LogP contribution in [0.25, 0.3) is 0 Å². The highest BCUT2D eigenvalue weighted by Gasteiger charge is 2.06. The minimum absolute atomic E-state index is 0.471. The van der Waals surface area contributed by atoms with Crippen molar-refractivity contribution < 1.29 is 4.42 Å². The Labute approximate surface area is 104 Å². The Morgan fingerprint density at radius 2 is 2.12 bits per heavy atom. The van der Waals surface area contributed by atoms with E-state index in [0.717, 1.165) is 6.54 Å². The Hall–Kier alpha value is -1.40. The van der Waals surface area contributed by atoms with Gasteiger partial charge in [-0.3, -0.25) is 0 Å². The lowest BCUT2D eigenvalue weighted by Crippen LogP contribution is -2.04. The molecule has 0 saturated carbocycles. The van der Waals surface area contributed by atoms with Crippen molar-refractivity contribution in [2.45, 2.75) is 26.9 Å². The second-order valence-electron chi connectivity index (χ2n) is 3.84. The van der Waals surface area contributed by atoms with E-state index in [4.69, 9.17) is 4.42 Å². The van der Waals surface area contributed by atoms with Gasteiger partial charge in [-0.2, -0.15) is 0 Å². The van der Waals surface area contributed by atoms with E-state index in [9.17, 15) is 0 Å². The maximum atomic E-state index is 5.39. The molecule has 92 valence electrons. The largest absolute Gasteiger partial charge is 0.407 e. The summed E-state index contributed by atoms with van der Waals surface area (Å²) in [6, 6.07) is 2.65. The normalized spacial score (nSPS) is 10.8. The van der Waals surface area contributed by atoms with Gasteiger partial charge in [0.2, 0.25) is 5.89 Å². The number of nitrogens with zero attached hydrogens (tertiary/aromatic N) is 2.